The molecule has 1 aliphatic rings. The van der Waals surface area contributed by atoms with Crippen LogP contribution < -0.4 is 10.2 Å². The van der Waals surface area contributed by atoms with E-state index in [1.165, 1.54) is 16.7 Å². The number of piperazine rings is 1. The molecule has 4 nitrogen and oxygen atoms in total. The molecule has 0 unspecified atom stereocenters. The van der Waals surface area contributed by atoms with Crippen molar-refractivity contribution in [2.45, 2.75) is 13.8 Å². The van der Waals surface area contributed by atoms with Crippen LogP contribution in [0, 0.1) is 13.8 Å². The normalized spacial score (nSPS) is 15.4. The number of aromatic nitrogens is 2. The van der Waals surface area contributed by atoms with Crippen molar-refractivity contribution in [2.24, 2.45) is 0 Å². The molecule has 3 rings (SSSR count). The Hall–Kier alpha value is -1.94. The van der Waals surface area contributed by atoms with Gasteiger partial charge in [-0.1, -0.05) is 17.2 Å². The molecule has 0 spiro atoms. The molecule has 1 aliphatic heterocycles. The monoisotopic (exact) mass is 268 g/mol. The van der Waals surface area contributed by atoms with Crippen LogP contribution in [0.25, 0.3) is 11.3 Å². The fourth-order valence-corrected chi connectivity index (χ4v) is 2.65. The number of anilines is 1. The van der Waals surface area contributed by atoms with Gasteiger partial charge in [0.15, 0.2) is 0 Å². The lowest BCUT2D eigenvalue weighted by Crippen LogP contribution is -2.44. The van der Waals surface area contributed by atoms with Crippen molar-refractivity contribution in [1.82, 2.24) is 15.3 Å². The van der Waals surface area contributed by atoms with Crippen molar-refractivity contribution in [1.29, 1.82) is 0 Å². The van der Waals surface area contributed by atoms with Gasteiger partial charge in [0, 0.05) is 37.9 Å². The molecule has 2 aromatic rings. The van der Waals surface area contributed by atoms with Crippen molar-refractivity contribution < 1.29 is 0 Å². The van der Waals surface area contributed by atoms with Crippen molar-refractivity contribution in [3.63, 3.8) is 0 Å². The summed E-state index contributed by atoms with van der Waals surface area (Å²) in [6, 6.07) is 8.52. The van der Waals surface area contributed by atoms with Gasteiger partial charge in [-0.3, -0.25) is 0 Å². The zero-order valence-corrected chi connectivity index (χ0v) is 12.1. The standard InChI is InChI=1S/C16H20N4/c1-12-9-13(2)11-14(10-12)15-3-4-18-16(19-15)20-7-5-17-6-8-20/h3-4,9-11,17H,5-8H2,1-2H3. The maximum atomic E-state index is 4.74. The summed E-state index contributed by atoms with van der Waals surface area (Å²) < 4.78 is 0. The van der Waals surface area contributed by atoms with E-state index in [0.29, 0.717) is 0 Å². The largest absolute Gasteiger partial charge is 0.338 e. The molecular weight excluding hydrogens is 248 g/mol. The first-order valence-corrected chi connectivity index (χ1v) is 7.10. The molecule has 1 aromatic heterocycles. The fourth-order valence-electron chi connectivity index (χ4n) is 2.65. The summed E-state index contributed by atoms with van der Waals surface area (Å²) in [5, 5.41) is 3.35. The van der Waals surface area contributed by atoms with Crippen LogP contribution in [0.15, 0.2) is 30.5 Å². The summed E-state index contributed by atoms with van der Waals surface area (Å²) in [5.41, 5.74) is 4.70. The van der Waals surface area contributed by atoms with Crippen LogP contribution in [0.5, 0.6) is 0 Å². The van der Waals surface area contributed by atoms with E-state index < -0.39 is 0 Å². The maximum Gasteiger partial charge on any atom is 0.225 e. The van der Waals surface area contributed by atoms with E-state index in [9.17, 15) is 0 Å². The number of hydrogen-bond donors (Lipinski definition) is 1. The summed E-state index contributed by atoms with van der Waals surface area (Å²) in [7, 11) is 0. The minimum Gasteiger partial charge on any atom is -0.338 e. The number of nitrogens with zero attached hydrogens (tertiary/aromatic N) is 3. The number of nitrogens with one attached hydrogen (secondary N) is 1. The topological polar surface area (TPSA) is 41.1 Å². The highest BCUT2D eigenvalue weighted by Gasteiger charge is 2.13. The van der Waals surface area contributed by atoms with Crippen LogP contribution in [0.2, 0.25) is 0 Å². The molecule has 20 heavy (non-hydrogen) atoms. The van der Waals surface area contributed by atoms with Gasteiger partial charge < -0.3 is 10.2 Å². The highest BCUT2D eigenvalue weighted by molar-refractivity contribution is 5.62. The average Bonchev–Trinajstić information content (AvgIpc) is 2.47. The second-order valence-electron chi connectivity index (χ2n) is 5.36. The average molecular weight is 268 g/mol. The van der Waals surface area contributed by atoms with E-state index in [1.54, 1.807) is 0 Å². The Morgan fingerprint density at radius 3 is 2.45 bits per heavy atom. The second kappa shape index (κ2) is 5.59. The zero-order chi connectivity index (χ0) is 13.9. The van der Waals surface area contributed by atoms with Crippen LogP contribution in [0.4, 0.5) is 5.95 Å². The molecule has 1 N–H and O–H groups in total. The third kappa shape index (κ3) is 2.80. The van der Waals surface area contributed by atoms with Crippen molar-refractivity contribution in [2.75, 3.05) is 31.1 Å². The maximum absolute atomic E-state index is 4.74. The van der Waals surface area contributed by atoms with Crippen molar-refractivity contribution in [3.8, 4) is 11.3 Å². The van der Waals surface area contributed by atoms with Gasteiger partial charge in [0.1, 0.15) is 0 Å². The molecule has 0 amide bonds. The first kappa shape index (κ1) is 13.1. The number of aryl methyl sites for hydroxylation is 2. The van der Waals surface area contributed by atoms with Crippen molar-refractivity contribution in [3.05, 3.63) is 41.6 Å². The Balaban J connectivity index is 1.93. The van der Waals surface area contributed by atoms with Crippen LogP contribution >= 0.6 is 0 Å². The summed E-state index contributed by atoms with van der Waals surface area (Å²) in [6.45, 7) is 8.17. The lowest BCUT2D eigenvalue weighted by molar-refractivity contribution is 0.580. The van der Waals surface area contributed by atoms with E-state index >= 15 is 0 Å². The number of benzene rings is 1. The van der Waals surface area contributed by atoms with Crippen molar-refractivity contribution >= 4 is 5.95 Å². The molecule has 104 valence electrons. The van der Waals surface area contributed by atoms with Gasteiger partial charge in [-0.25, -0.2) is 9.97 Å². The van der Waals surface area contributed by atoms with E-state index in [1.807, 2.05) is 12.3 Å². The molecule has 1 aromatic carbocycles. The van der Waals surface area contributed by atoms with Gasteiger partial charge in [-0.05, 0) is 32.0 Å². The number of hydrogen-bond acceptors (Lipinski definition) is 4. The molecule has 0 aliphatic carbocycles. The Morgan fingerprint density at radius 2 is 1.75 bits per heavy atom. The lowest BCUT2D eigenvalue weighted by Gasteiger charge is -2.27. The SMILES string of the molecule is Cc1cc(C)cc(-c2ccnc(N3CCNCC3)n2)c1. The molecule has 0 saturated carbocycles. The minimum absolute atomic E-state index is 0.836. The Kier molecular flexibility index (Phi) is 3.65. The summed E-state index contributed by atoms with van der Waals surface area (Å²) in [4.78, 5) is 11.4. The summed E-state index contributed by atoms with van der Waals surface area (Å²) in [6.07, 6.45) is 1.86. The van der Waals surface area contributed by atoms with E-state index in [0.717, 1.165) is 37.8 Å². The Bertz CT molecular complexity index is 583. The fraction of sp³-hybridized carbons (Fsp3) is 0.375. The van der Waals surface area contributed by atoms with E-state index in [2.05, 4.69) is 47.2 Å². The second-order valence-corrected chi connectivity index (χ2v) is 5.36. The molecule has 1 saturated heterocycles. The first-order valence-electron chi connectivity index (χ1n) is 7.10. The van der Waals surface area contributed by atoms with Crippen LogP contribution in [0.3, 0.4) is 0 Å². The summed E-state index contributed by atoms with van der Waals surface area (Å²) in [5.74, 6) is 0.836. The molecule has 0 bridgehead atoms. The predicted octanol–water partition coefficient (Wildman–Crippen LogP) is 2.17. The third-order valence-corrected chi connectivity index (χ3v) is 3.56. The molecule has 1 fully saturated rings. The minimum atomic E-state index is 0.836. The van der Waals surface area contributed by atoms with Gasteiger partial charge in [-0.15, -0.1) is 0 Å². The van der Waals surface area contributed by atoms with Crippen LogP contribution in [-0.2, 0) is 0 Å². The number of rotatable bonds is 2. The van der Waals surface area contributed by atoms with Gasteiger partial charge in [0.25, 0.3) is 0 Å². The highest BCUT2D eigenvalue weighted by atomic mass is 15.3. The van der Waals surface area contributed by atoms with E-state index in [-0.39, 0.29) is 0 Å². The van der Waals surface area contributed by atoms with Gasteiger partial charge in [-0.2, -0.15) is 0 Å². The van der Waals surface area contributed by atoms with Gasteiger partial charge in [0.2, 0.25) is 5.95 Å². The van der Waals surface area contributed by atoms with Crippen LogP contribution in [0.1, 0.15) is 11.1 Å². The molecule has 4 heteroatoms. The third-order valence-electron chi connectivity index (χ3n) is 3.56. The Morgan fingerprint density at radius 1 is 1.05 bits per heavy atom. The van der Waals surface area contributed by atoms with Crippen LogP contribution in [-0.4, -0.2) is 36.1 Å². The zero-order valence-electron chi connectivity index (χ0n) is 12.1. The van der Waals surface area contributed by atoms with E-state index in [4.69, 9.17) is 4.98 Å². The molecular formula is C16H20N4. The lowest BCUT2D eigenvalue weighted by atomic mass is 10.1. The molecule has 2 heterocycles. The highest BCUT2D eigenvalue weighted by Crippen LogP contribution is 2.21. The first-order chi connectivity index (χ1) is 9.72. The molecule has 0 atom stereocenters. The predicted molar refractivity (Wildman–Crippen MR) is 82.0 cm³/mol. The smallest absolute Gasteiger partial charge is 0.225 e. The Labute approximate surface area is 119 Å². The van der Waals surface area contributed by atoms with Gasteiger partial charge >= 0.3 is 0 Å². The summed E-state index contributed by atoms with van der Waals surface area (Å²) >= 11 is 0. The molecule has 0 radical (unpaired) electrons. The van der Waals surface area contributed by atoms with Gasteiger partial charge in [0.05, 0.1) is 5.69 Å². The quantitative estimate of drug-likeness (QED) is 0.906.